The molecule has 1 aliphatic heterocycles. The number of para-hydroxylation sites is 2. The Morgan fingerprint density at radius 2 is 1.76 bits per heavy atom. The number of carbonyl (C=O) groups is 2. The molecule has 0 radical (unpaired) electrons. The quantitative estimate of drug-likeness (QED) is 0.316. The van der Waals surface area contributed by atoms with Crippen LogP contribution in [0.3, 0.4) is 0 Å². The Kier molecular flexibility index (Phi) is 9.74. The predicted molar refractivity (Wildman–Crippen MR) is 154 cm³/mol. The third kappa shape index (κ3) is 7.59. The number of alkyl halides is 3. The number of rotatable bonds is 8. The zero-order valence-electron chi connectivity index (χ0n) is 23.7. The van der Waals surface area contributed by atoms with E-state index in [4.69, 9.17) is 4.74 Å². The zero-order valence-corrected chi connectivity index (χ0v) is 23.7. The van der Waals surface area contributed by atoms with Crippen molar-refractivity contribution in [3.8, 4) is 5.75 Å². The molecule has 1 heterocycles. The van der Waals surface area contributed by atoms with Crippen LogP contribution in [-0.4, -0.2) is 65.7 Å². The molecule has 0 bridgehead atoms. The molecule has 42 heavy (non-hydrogen) atoms. The van der Waals surface area contributed by atoms with Gasteiger partial charge < -0.3 is 25.4 Å². The van der Waals surface area contributed by atoms with E-state index in [0.29, 0.717) is 36.6 Å². The number of amides is 3. The predicted octanol–water partition coefficient (Wildman–Crippen LogP) is 5.70. The molecular weight excluding hydrogens is 549 g/mol. The molecule has 0 saturated heterocycles. The first-order valence-electron chi connectivity index (χ1n) is 13.7. The molecule has 8 nitrogen and oxygen atoms in total. The minimum Gasteiger partial charge on any atom is -0.486 e. The van der Waals surface area contributed by atoms with E-state index >= 15 is 0 Å². The van der Waals surface area contributed by atoms with Crippen LogP contribution in [0.5, 0.6) is 5.75 Å². The Hall–Kier alpha value is -4.09. The first-order valence-corrected chi connectivity index (χ1v) is 13.7. The Balaban J connectivity index is 1.60. The number of nitrogens with one attached hydrogen (secondary N) is 2. The van der Waals surface area contributed by atoms with Crippen molar-refractivity contribution >= 4 is 23.3 Å². The van der Waals surface area contributed by atoms with Gasteiger partial charge in [0, 0.05) is 31.2 Å². The average molecular weight is 585 g/mol. The molecule has 1 aliphatic rings. The number of hydrogen-bond acceptors (Lipinski definition) is 5. The molecule has 3 amide bonds. The molecule has 3 atom stereocenters. The van der Waals surface area contributed by atoms with Gasteiger partial charge in [0.2, 0.25) is 0 Å². The van der Waals surface area contributed by atoms with Crippen molar-refractivity contribution in [1.82, 2.24) is 9.80 Å². The maximum absolute atomic E-state index is 13.6. The number of hydrogen-bond donors (Lipinski definition) is 3. The number of benzene rings is 3. The van der Waals surface area contributed by atoms with E-state index in [2.05, 4.69) is 10.6 Å². The Bertz CT molecular complexity index is 1370. The highest BCUT2D eigenvalue weighted by Crippen LogP contribution is 2.35. The maximum Gasteiger partial charge on any atom is 0.416 e. The molecule has 0 spiro atoms. The van der Waals surface area contributed by atoms with Crippen LogP contribution in [-0.2, 0) is 12.7 Å². The Morgan fingerprint density at radius 1 is 1.07 bits per heavy atom. The molecule has 3 aromatic rings. The van der Waals surface area contributed by atoms with E-state index in [0.717, 1.165) is 12.1 Å². The summed E-state index contributed by atoms with van der Waals surface area (Å²) in [5, 5.41) is 15.4. The van der Waals surface area contributed by atoms with E-state index in [1.807, 2.05) is 24.9 Å². The molecule has 0 aromatic heterocycles. The van der Waals surface area contributed by atoms with Crippen LogP contribution in [0.25, 0.3) is 0 Å². The van der Waals surface area contributed by atoms with Gasteiger partial charge >= 0.3 is 12.2 Å². The molecule has 4 rings (SSSR count). The molecule has 0 fully saturated rings. The Morgan fingerprint density at radius 3 is 2.40 bits per heavy atom. The molecule has 0 unspecified atom stereocenters. The van der Waals surface area contributed by atoms with Gasteiger partial charge in [-0.15, -0.1) is 0 Å². The monoisotopic (exact) mass is 584 g/mol. The number of nitrogens with zero attached hydrogens (tertiary/aromatic N) is 2. The fourth-order valence-electron chi connectivity index (χ4n) is 4.85. The highest BCUT2D eigenvalue weighted by molar-refractivity contribution is 6.04. The first kappa shape index (κ1) is 30.9. The van der Waals surface area contributed by atoms with Crippen LogP contribution in [0.2, 0.25) is 0 Å². The summed E-state index contributed by atoms with van der Waals surface area (Å²) in [6, 6.07) is 17.9. The van der Waals surface area contributed by atoms with Gasteiger partial charge in [0.25, 0.3) is 5.91 Å². The SMILES string of the molecule is C[C@H](CO)N1C[C@H](C)[C@@H](CN(C)Cc2ccc(C(F)(F)F)cc2)Oc2c(NC(=O)Nc3ccccc3)cccc2C1=O. The minimum absolute atomic E-state index is 0.197. The fourth-order valence-corrected chi connectivity index (χ4v) is 4.85. The summed E-state index contributed by atoms with van der Waals surface area (Å²) in [6.07, 6.45) is -4.87. The van der Waals surface area contributed by atoms with Gasteiger partial charge in [0.1, 0.15) is 6.10 Å². The largest absolute Gasteiger partial charge is 0.486 e. The smallest absolute Gasteiger partial charge is 0.416 e. The molecule has 3 aromatic carbocycles. The first-order chi connectivity index (χ1) is 20.0. The summed E-state index contributed by atoms with van der Waals surface area (Å²) in [5.41, 5.74) is 1.13. The lowest BCUT2D eigenvalue weighted by Crippen LogP contribution is -2.49. The highest BCUT2D eigenvalue weighted by atomic mass is 19.4. The molecular formula is C31H35F3N4O4. The van der Waals surface area contributed by atoms with Crippen molar-refractivity contribution in [1.29, 1.82) is 0 Å². The maximum atomic E-state index is 13.6. The summed E-state index contributed by atoms with van der Waals surface area (Å²) in [7, 11) is 1.84. The van der Waals surface area contributed by atoms with Gasteiger partial charge in [-0.05, 0) is 55.9 Å². The van der Waals surface area contributed by atoms with Crippen molar-refractivity contribution in [3.05, 3.63) is 89.5 Å². The number of likely N-dealkylation sites (N-methyl/N-ethyl adjacent to an activating group) is 1. The van der Waals surface area contributed by atoms with E-state index in [9.17, 15) is 27.9 Å². The number of halogens is 3. The summed E-state index contributed by atoms with van der Waals surface area (Å²) in [4.78, 5) is 30.0. The van der Waals surface area contributed by atoms with Gasteiger partial charge in [-0.25, -0.2) is 4.79 Å². The summed E-state index contributed by atoms with van der Waals surface area (Å²) >= 11 is 0. The van der Waals surface area contributed by atoms with Crippen molar-refractivity contribution in [2.75, 3.05) is 37.4 Å². The molecule has 0 aliphatic carbocycles. The van der Waals surface area contributed by atoms with Crippen molar-refractivity contribution in [2.24, 2.45) is 5.92 Å². The zero-order chi connectivity index (χ0) is 30.4. The molecule has 0 saturated carbocycles. The summed E-state index contributed by atoms with van der Waals surface area (Å²) < 4.78 is 45.5. The lowest BCUT2D eigenvalue weighted by atomic mass is 9.98. The van der Waals surface area contributed by atoms with Crippen LogP contribution < -0.4 is 15.4 Å². The van der Waals surface area contributed by atoms with Crippen LogP contribution >= 0.6 is 0 Å². The number of fused-ring (bicyclic) bond motifs is 1. The third-order valence-electron chi connectivity index (χ3n) is 7.20. The number of aliphatic hydroxyl groups excluding tert-OH is 1. The summed E-state index contributed by atoms with van der Waals surface area (Å²) in [6.45, 7) is 4.52. The lowest BCUT2D eigenvalue weighted by Gasteiger charge is -2.38. The molecule has 3 N–H and O–H groups in total. The van der Waals surface area contributed by atoms with E-state index in [-0.39, 0.29) is 29.7 Å². The Labute approximate surface area is 243 Å². The summed E-state index contributed by atoms with van der Waals surface area (Å²) in [5.74, 6) is -0.320. The van der Waals surface area contributed by atoms with Crippen molar-refractivity contribution in [2.45, 2.75) is 38.7 Å². The fraction of sp³-hybridized carbons (Fsp3) is 0.355. The van der Waals surface area contributed by atoms with Crippen LogP contribution in [0, 0.1) is 5.92 Å². The van der Waals surface area contributed by atoms with Crippen LogP contribution in [0.15, 0.2) is 72.8 Å². The average Bonchev–Trinajstić information content (AvgIpc) is 2.95. The number of ether oxygens (including phenoxy) is 1. The van der Waals surface area contributed by atoms with Crippen molar-refractivity contribution in [3.63, 3.8) is 0 Å². The van der Waals surface area contributed by atoms with Gasteiger partial charge in [-0.2, -0.15) is 13.2 Å². The van der Waals surface area contributed by atoms with E-state index in [1.165, 1.54) is 12.1 Å². The third-order valence-corrected chi connectivity index (χ3v) is 7.20. The number of anilines is 2. The number of carbonyl (C=O) groups excluding carboxylic acids is 2. The normalized spacial score (nSPS) is 18.0. The van der Waals surface area contributed by atoms with Crippen LogP contribution in [0.4, 0.5) is 29.3 Å². The van der Waals surface area contributed by atoms with Gasteiger partial charge in [-0.1, -0.05) is 43.3 Å². The van der Waals surface area contributed by atoms with Gasteiger partial charge in [0.15, 0.2) is 5.75 Å². The van der Waals surface area contributed by atoms with Crippen LogP contribution in [0.1, 0.15) is 35.3 Å². The van der Waals surface area contributed by atoms with E-state index < -0.39 is 29.9 Å². The topological polar surface area (TPSA) is 94.1 Å². The van der Waals surface area contributed by atoms with Gasteiger partial charge in [0.05, 0.1) is 29.5 Å². The second-order valence-corrected chi connectivity index (χ2v) is 10.6. The second kappa shape index (κ2) is 13.3. The number of urea groups is 1. The number of aliphatic hydroxyl groups is 1. The van der Waals surface area contributed by atoms with Crippen molar-refractivity contribution < 1.29 is 32.6 Å². The minimum atomic E-state index is -4.40. The molecule has 11 heteroatoms. The second-order valence-electron chi connectivity index (χ2n) is 10.6. The van der Waals surface area contributed by atoms with E-state index in [1.54, 1.807) is 54.3 Å². The highest BCUT2D eigenvalue weighted by Gasteiger charge is 2.35. The lowest BCUT2D eigenvalue weighted by molar-refractivity contribution is -0.137. The standard InChI is InChI=1S/C31H35F3N4O4/c1-20-16-38(21(2)19-39)29(40)25-10-7-11-26(36-30(41)35-24-8-5-4-6-9-24)28(25)42-27(20)18-37(3)17-22-12-14-23(15-13-22)31(32,33)34/h4-15,20-21,27,39H,16-19H2,1-3H3,(H2,35,36,41)/t20-,21+,27+/m0/s1. The van der Waals surface area contributed by atoms with Gasteiger partial charge in [-0.3, -0.25) is 9.69 Å². The molecule has 224 valence electrons.